The molecule has 0 atom stereocenters. The number of thiazole rings is 1. The van der Waals surface area contributed by atoms with E-state index in [-0.39, 0.29) is 18.0 Å². The normalized spacial score (nSPS) is 10.1. The summed E-state index contributed by atoms with van der Waals surface area (Å²) in [5.41, 5.74) is 0.143. The van der Waals surface area contributed by atoms with Crippen LogP contribution in [0.2, 0.25) is 0 Å². The van der Waals surface area contributed by atoms with Crippen LogP contribution in [0.4, 0.5) is 5.13 Å². The van der Waals surface area contributed by atoms with Gasteiger partial charge in [-0.15, -0.1) is 11.3 Å². The summed E-state index contributed by atoms with van der Waals surface area (Å²) < 4.78 is 0. The largest absolute Gasteiger partial charge is 0.359 e. The highest BCUT2D eigenvalue weighted by atomic mass is 32.1. The van der Waals surface area contributed by atoms with Gasteiger partial charge in [-0.3, -0.25) is 19.7 Å². The van der Waals surface area contributed by atoms with Crippen LogP contribution in [0.5, 0.6) is 0 Å². The van der Waals surface area contributed by atoms with Gasteiger partial charge in [0.2, 0.25) is 5.91 Å². The van der Waals surface area contributed by atoms with Gasteiger partial charge < -0.3 is 10.3 Å². The molecule has 3 N–H and O–H groups in total. The first-order valence-corrected chi connectivity index (χ1v) is 6.47. The van der Waals surface area contributed by atoms with E-state index in [1.807, 2.05) is 0 Å². The number of aromatic nitrogens is 3. The van der Waals surface area contributed by atoms with E-state index in [1.54, 1.807) is 5.38 Å². The Labute approximate surface area is 117 Å². The number of nitrogens with zero attached hydrogens (tertiary/aromatic N) is 2. The molecule has 0 saturated carbocycles. The second kappa shape index (κ2) is 6.06. The maximum atomic E-state index is 11.8. The maximum absolute atomic E-state index is 11.8. The molecule has 0 unspecified atom stereocenters. The molecule has 0 aliphatic rings. The Morgan fingerprint density at radius 3 is 2.95 bits per heavy atom. The van der Waals surface area contributed by atoms with Crippen molar-refractivity contribution in [3.8, 4) is 0 Å². The van der Waals surface area contributed by atoms with E-state index in [2.05, 4.69) is 25.6 Å². The van der Waals surface area contributed by atoms with Crippen LogP contribution in [0.3, 0.4) is 0 Å². The van der Waals surface area contributed by atoms with E-state index in [9.17, 15) is 14.4 Å². The van der Waals surface area contributed by atoms with Crippen LogP contribution in [-0.4, -0.2) is 33.8 Å². The average Bonchev–Trinajstić information content (AvgIpc) is 2.85. The molecule has 2 heterocycles. The Bertz CT molecular complexity index is 693. The molecule has 0 bridgehead atoms. The topological polar surface area (TPSA) is 117 Å². The number of anilines is 1. The number of aromatic amines is 1. The van der Waals surface area contributed by atoms with Gasteiger partial charge in [0.1, 0.15) is 5.69 Å². The van der Waals surface area contributed by atoms with E-state index in [0.29, 0.717) is 10.8 Å². The summed E-state index contributed by atoms with van der Waals surface area (Å²) >= 11 is 1.19. The van der Waals surface area contributed by atoms with E-state index >= 15 is 0 Å². The highest BCUT2D eigenvalue weighted by molar-refractivity contribution is 7.14. The number of hydrogen-bond acceptors (Lipinski definition) is 6. The van der Waals surface area contributed by atoms with Crippen molar-refractivity contribution in [2.75, 3.05) is 12.4 Å². The highest BCUT2D eigenvalue weighted by Gasteiger charge is 2.11. The molecular formula is C11H11N5O3S. The van der Waals surface area contributed by atoms with Crippen molar-refractivity contribution >= 4 is 28.3 Å². The van der Waals surface area contributed by atoms with Crippen LogP contribution >= 0.6 is 11.3 Å². The van der Waals surface area contributed by atoms with E-state index in [4.69, 9.17) is 0 Å². The number of hydrogen-bond donors (Lipinski definition) is 3. The van der Waals surface area contributed by atoms with Crippen molar-refractivity contribution in [2.24, 2.45) is 0 Å². The summed E-state index contributed by atoms with van der Waals surface area (Å²) in [7, 11) is 1.54. The molecule has 2 aromatic heterocycles. The van der Waals surface area contributed by atoms with Gasteiger partial charge in [0.05, 0.1) is 18.4 Å². The number of carbonyl (C=O) groups is 2. The van der Waals surface area contributed by atoms with Crippen molar-refractivity contribution in [3.63, 3.8) is 0 Å². The minimum Gasteiger partial charge on any atom is -0.359 e. The predicted octanol–water partition coefficient (Wildman–Crippen LogP) is -0.233. The fraction of sp³-hybridized carbons (Fsp3) is 0.182. The van der Waals surface area contributed by atoms with Gasteiger partial charge in [-0.05, 0) is 0 Å². The maximum Gasteiger partial charge on any atom is 0.276 e. The highest BCUT2D eigenvalue weighted by Crippen LogP contribution is 2.16. The van der Waals surface area contributed by atoms with Crippen LogP contribution in [0.15, 0.2) is 22.6 Å². The molecule has 0 aromatic carbocycles. The zero-order valence-electron chi connectivity index (χ0n) is 10.5. The zero-order valence-corrected chi connectivity index (χ0v) is 11.3. The molecule has 0 fully saturated rings. The number of nitrogens with one attached hydrogen (secondary N) is 3. The molecule has 0 aliphatic carbocycles. The fourth-order valence-corrected chi connectivity index (χ4v) is 2.06. The third kappa shape index (κ3) is 3.48. The smallest absolute Gasteiger partial charge is 0.276 e. The number of likely N-dealkylation sites (N-methyl/N-ethyl adjacent to an activating group) is 1. The van der Waals surface area contributed by atoms with Gasteiger partial charge in [-0.2, -0.15) is 0 Å². The second-order valence-electron chi connectivity index (χ2n) is 3.74. The van der Waals surface area contributed by atoms with E-state index < -0.39 is 11.5 Å². The standard InChI is InChI=1S/C11H11N5O3S/c1-12-8(17)2-6-4-20-11(15-6)16-10(19)7-3-9(18)14-5-13-7/h3-5H,2H2,1H3,(H,12,17)(H,13,14,18)(H,15,16,19). The molecule has 9 heteroatoms. The van der Waals surface area contributed by atoms with Crippen LogP contribution < -0.4 is 16.2 Å². The van der Waals surface area contributed by atoms with Gasteiger partial charge >= 0.3 is 0 Å². The number of amides is 2. The molecule has 2 rings (SSSR count). The predicted molar refractivity (Wildman–Crippen MR) is 72.7 cm³/mol. The second-order valence-corrected chi connectivity index (χ2v) is 4.60. The molecule has 20 heavy (non-hydrogen) atoms. The minimum atomic E-state index is -0.531. The summed E-state index contributed by atoms with van der Waals surface area (Å²) in [5, 5.41) is 7.02. The molecule has 8 nitrogen and oxygen atoms in total. The Hall–Kier alpha value is -2.55. The zero-order chi connectivity index (χ0) is 14.5. The summed E-state index contributed by atoms with van der Waals surface area (Å²) in [6.07, 6.45) is 1.29. The van der Waals surface area contributed by atoms with E-state index in [0.717, 1.165) is 12.4 Å². The lowest BCUT2D eigenvalue weighted by atomic mass is 10.3. The molecule has 0 spiro atoms. The average molecular weight is 293 g/mol. The Morgan fingerprint density at radius 2 is 2.25 bits per heavy atom. The van der Waals surface area contributed by atoms with Crippen LogP contribution in [0, 0.1) is 0 Å². The lowest BCUT2D eigenvalue weighted by Gasteiger charge is -1.99. The molecule has 104 valence electrons. The molecule has 2 aromatic rings. The Balaban J connectivity index is 2.05. The van der Waals surface area contributed by atoms with Crippen molar-refractivity contribution in [1.29, 1.82) is 0 Å². The van der Waals surface area contributed by atoms with Crippen molar-refractivity contribution < 1.29 is 9.59 Å². The molecule has 0 aliphatic heterocycles. The SMILES string of the molecule is CNC(=O)Cc1csc(NC(=O)c2cc(=O)[nH]cn2)n1. The first-order valence-electron chi connectivity index (χ1n) is 5.59. The summed E-state index contributed by atoms with van der Waals surface area (Å²) in [4.78, 5) is 44.2. The third-order valence-corrected chi connectivity index (χ3v) is 3.11. The van der Waals surface area contributed by atoms with Gasteiger partial charge in [-0.25, -0.2) is 9.97 Å². The molecule has 2 amide bonds. The Morgan fingerprint density at radius 1 is 1.45 bits per heavy atom. The molecule has 0 radical (unpaired) electrons. The van der Waals surface area contributed by atoms with E-state index in [1.165, 1.54) is 18.4 Å². The first kappa shape index (κ1) is 13.9. The molecule has 0 saturated heterocycles. The lowest BCUT2D eigenvalue weighted by Crippen LogP contribution is -2.20. The Kier molecular flexibility index (Phi) is 4.20. The van der Waals surface area contributed by atoms with Gasteiger partial charge in [0.15, 0.2) is 5.13 Å². The summed E-state index contributed by atoms with van der Waals surface area (Å²) in [5.74, 6) is -0.693. The lowest BCUT2D eigenvalue weighted by molar-refractivity contribution is -0.120. The van der Waals surface area contributed by atoms with Crippen LogP contribution in [0.25, 0.3) is 0 Å². The van der Waals surface area contributed by atoms with Gasteiger partial charge in [0, 0.05) is 18.5 Å². The fourth-order valence-electron chi connectivity index (χ4n) is 1.35. The number of carbonyl (C=O) groups excluding carboxylic acids is 2. The van der Waals surface area contributed by atoms with Crippen molar-refractivity contribution in [3.05, 3.63) is 39.5 Å². The first-order chi connectivity index (χ1) is 9.58. The summed E-state index contributed by atoms with van der Waals surface area (Å²) in [6, 6.07) is 1.09. The summed E-state index contributed by atoms with van der Waals surface area (Å²) in [6.45, 7) is 0. The number of H-pyrrole nitrogens is 1. The third-order valence-electron chi connectivity index (χ3n) is 2.30. The van der Waals surface area contributed by atoms with Crippen LogP contribution in [0.1, 0.15) is 16.2 Å². The monoisotopic (exact) mass is 293 g/mol. The van der Waals surface area contributed by atoms with Crippen LogP contribution in [-0.2, 0) is 11.2 Å². The molecular weight excluding hydrogens is 282 g/mol. The minimum absolute atomic E-state index is 0.00296. The van der Waals surface area contributed by atoms with Gasteiger partial charge in [-0.1, -0.05) is 0 Å². The van der Waals surface area contributed by atoms with Crippen molar-refractivity contribution in [1.82, 2.24) is 20.3 Å². The van der Waals surface area contributed by atoms with Gasteiger partial charge in [0.25, 0.3) is 11.5 Å². The van der Waals surface area contributed by atoms with Crippen molar-refractivity contribution in [2.45, 2.75) is 6.42 Å². The number of rotatable bonds is 4. The quantitative estimate of drug-likeness (QED) is 0.719.